The molecular weight excluding hydrogens is 206 g/mol. The number of aliphatic hydroxyl groups is 1. The number of nitrogens with one attached hydrogen (secondary N) is 1. The minimum absolute atomic E-state index is 0.262. The maximum Gasteiger partial charge on any atom is 0.0483 e. The zero-order valence-corrected chi connectivity index (χ0v) is 10.0. The molecule has 1 atom stereocenters. The van der Waals surface area contributed by atoms with Crippen molar-refractivity contribution in [3.8, 4) is 0 Å². The van der Waals surface area contributed by atoms with Crippen LogP contribution in [-0.4, -0.2) is 23.5 Å². The summed E-state index contributed by atoms with van der Waals surface area (Å²) >= 11 is 1.89. The van der Waals surface area contributed by atoms with Crippen molar-refractivity contribution in [2.24, 2.45) is 0 Å². The summed E-state index contributed by atoms with van der Waals surface area (Å²) in [7, 11) is 0. The van der Waals surface area contributed by atoms with Gasteiger partial charge in [0.1, 0.15) is 0 Å². The summed E-state index contributed by atoms with van der Waals surface area (Å²) in [5, 5.41) is 12.4. The first kappa shape index (κ1) is 10.8. The number of aliphatic hydroxyl groups excluding tert-OH is 1. The average Bonchev–Trinajstić information content (AvgIpc) is 2.21. The molecule has 1 heterocycles. The fraction of sp³-hybridized carbons (Fsp3) is 0.500. The molecule has 0 fully saturated rings. The van der Waals surface area contributed by atoms with Gasteiger partial charge in [-0.05, 0) is 43.5 Å². The van der Waals surface area contributed by atoms with E-state index in [-0.39, 0.29) is 6.61 Å². The topological polar surface area (TPSA) is 32.3 Å². The van der Waals surface area contributed by atoms with Crippen LogP contribution < -0.4 is 5.32 Å². The number of thioether (sulfide) groups is 1. The molecule has 2 N–H and O–H groups in total. The Morgan fingerprint density at radius 1 is 1.40 bits per heavy atom. The van der Waals surface area contributed by atoms with Gasteiger partial charge in [-0.2, -0.15) is 0 Å². The normalized spacial score (nSPS) is 19.5. The van der Waals surface area contributed by atoms with Gasteiger partial charge in [-0.15, -0.1) is 11.8 Å². The van der Waals surface area contributed by atoms with Gasteiger partial charge in [0.25, 0.3) is 0 Å². The lowest BCUT2D eigenvalue weighted by molar-refractivity contribution is 0.282. The smallest absolute Gasteiger partial charge is 0.0483 e. The number of hydrogen-bond donors (Lipinski definition) is 2. The first-order valence-corrected chi connectivity index (χ1v) is 6.30. The van der Waals surface area contributed by atoms with E-state index in [0.717, 1.165) is 12.2 Å². The summed E-state index contributed by atoms with van der Waals surface area (Å²) < 4.78 is 0. The van der Waals surface area contributed by atoms with E-state index in [1.165, 1.54) is 21.7 Å². The summed E-state index contributed by atoms with van der Waals surface area (Å²) in [6, 6.07) is 4.87. The van der Waals surface area contributed by atoms with Crippen LogP contribution in [0.2, 0.25) is 0 Å². The van der Waals surface area contributed by atoms with Gasteiger partial charge in [0.15, 0.2) is 0 Å². The summed E-state index contributed by atoms with van der Waals surface area (Å²) in [5.74, 6) is 1.05. The summed E-state index contributed by atoms with van der Waals surface area (Å²) in [4.78, 5) is 1.34. The minimum Gasteiger partial charge on any atom is -0.396 e. The van der Waals surface area contributed by atoms with Crippen molar-refractivity contribution in [2.75, 3.05) is 17.7 Å². The minimum atomic E-state index is 0.262. The number of benzene rings is 1. The van der Waals surface area contributed by atoms with Gasteiger partial charge >= 0.3 is 0 Å². The van der Waals surface area contributed by atoms with E-state index in [2.05, 4.69) is 31.3 Å². The third-order valence-electron chi connectivity index (χ3n) is 2.87. The molecule has 0 saturated carbocycles. The molecule has 0 amide bonds. The molecule has 1 aromatic rings. The Hall–Kier alpha value is -0.670. The molecule has 1 aromatic carbocycles. The molecule has 1 aliphatic heterocycles. The molecule has 0 radical (unpaired) electrons. The second-order valence-corrected chi connectivity index (χ2v) is 5.16. The Bertz CT molecular complexity index is 365. The third kappa shape index (κ3) is 2.29. The zero-order valence-electron chi connectivity index (χ0n) is 9.21. The van der Waals surface area contributed by atoms with E-state index >= 15 is 0 Å². The van der Waals surface area contributed by atoms with Crippen molar-refractivity contribution in [3.63, 3.8) is 0 Å². The van der Waals surface area contributed by atoms with E-state index in [0.29, 0.717) is 6.04 Å². The van der Waals surface area contributed by atoms with E-state index < -0.39 is 0 Å². The fourth-order valence-corrected chi connectivity index (χ4v) is 2.95. The van der Waals surface area contributed by atoms with Crippen LogP contribution in [0.15, 0.2) is 17.0 Å². The maximum atomic E-state index is 8.92. The molecule has 1 unspecified atom stereocenters. The first-order chi connectivity index (χ1) is 7.20. The summed E-state index contributed by atoms with van der Waals surface area (Å²) in [6.45, 7) is 4.55. The highest BCUT2D eigenvalue weighted by atomic mass is 32.2. The van der Waals surface area contributed by atoms with Crippen molar-refractivity contribution in [1.29, 1.82) is 0 Å². The quantitative estimate of drug-likeness (QED) is 0.808. The van der Waals surface area contributed by atoms with Crippen molar-refractivity contribution in [3.05, 3.63) is 23.3 Å². The van der Waals surface area contributed by atoms with Gasteiger partial charge in [0, 0.05) is 29.0 Å². The Labute approximate surface area is 95.1 Å². The standard InChI is InChI=1S/C12H17NOS/c1-8-5-11-12(6-9(8)2)15-7-10(13-11)3-4-14/h5-6,10,13-14H,3-4,7H2,1-2H3. The van der Waals surface area contributed by atoms with Crippen LogP contribution >= 0.6 is 11.8 Å². The van der Waals surface area contributed by atoms with Crippen molar-refractivity contribution in [2.45, 2.75) is 31.2 Å². The van der Waals surface area contributed by atoms with Gasteiger partial charge in [0.2, 0.25) is 0 Å². The number of anilines is 1. The first-order valence-electron chi connectivity index (χ1n) is 5.32. The van der Waals surface area contributed by atoms with Crippen LogP contribution in [0.4, 0.5) is 5.69 Å². The molecule has 2 rings (SSSR count). The van der Waals surface area contributed by atoms with Crippen molar-refractivity contribution >= 4 is 17.4 Å². The highest BCUT2D eigenvalue weighted by Crippen LogP contribution is 2.35. The van der Waals surface area contributed by atoms with Gasteiger partial charge in [0.05, 0.1) is 0 Å². The second kappa shape index (κ2) is 4.45. The Kier molecular flexibility index (Phi) is 3.22. The predicted molar refractivity (Wildman–Crippen MR) is 65.8 cm³/mol. The fourth-order valence-electron chi connectivity index (χ4n) is 1.79. The highest BCUT2D eigenvalue weighted by Gasteiger charge is 2.18. The number of aryl methyl sites for hydroxylation is 2. The van der Waals surface area contributed by atoms with Gasteiger partial charge in [-0.25, -0.2) is 0 Å². The lowest BCUT2D eigenvalue weighted by atomic mass is 10.1. The molecule has 0 aliphatic carbocycles. The van der Waals surface area contributed by atoms with Crippen LogP contribution in [0.5, 0.6) is 0 Å². The lowest BCUT2D eigenvalue weighted by Crippen LogP contribution is -2.27. The number of rotatable bonds is 2. The third-order valence-corrected chi connectivity index (χ3v) is 4.09. The molecule has 0 spiro atoms. The summed E-state index contributed by atoms with van der Waals surface area (Å²) in [5.41, 5.74) is 3.91. The van der Waals surface area contributed by atoms with E-state index in [1.54, 1.807) is 0 Å². The zero-order chi connectivity index (χ0) is 10.8. The van der Waals surface area contributed by atoms with E-state index in [9.17, 15) is 0 Å². The van der Waals surface area contributed by atoms with Crippen LogP contribution in [0.1, 0.15) is 17.5 Å². The predicted octanol–water partition coefficient (Wildman–Crippen LogP) is 2.57. The van der Waals surface area contributed by atoms with Gasteiger partial charge in [-0.3, -0.25) is 0 Å². The Morgan fingerprint density at radius 2 is 2.13 bits per heavy atom. The SMILES string of the molecule is Cc1cc2c(cc1C)SCC(CCO)N2. The molecule has 82 valence electrons. The van der Waals surface area contributed by atoms with Gasteiger partial charge < -0.3 is 10.4 Å². The van der Waals surface area contributed by atoms with Gasteiger partial charge in [-0.1, -0.05) is 0 Å². The van der Waals surface area contributed by atoms with Crippen LogP contribution in [0, 0.1) is 13.8 Å². The molecule has 0 aromatic heterocycles. The molecule has 15 heavy (non-hydrogen) atoms. The van der Waals surface area contributed by atoms with Crippen molar-refractivity contribution < 1.29 is 5.11 Å². The largest absolute Gasteiger partial charge is 0.396 e. The molecule has 0 saturated heterocycles. The van der Waals surface area contributed by atoms with Crippen LogP contribution in [0.3, 0.4) is 0 Å². The molecule has 0 bridgehead atoms. The van der Waals surface area contributed by atoms with E-state index in [4.69, 9.17) is 5.11 Å². The number of fused-ring (bicyclic) bond motifs is 1. The summed E-state index contributed by atoms with van der Waals surface area (Å²) in [6.07, 6.45) is 0.833. The average molecular weight is 223 g/mol. The van der Waals surface area contributed by atoms with Crippen LogP contribution in [-0.2, 0) is 0 Å². The van der Waals surface area contributed by atoms with Crippen molar-refractivity contribution in [1.82, 2.24) is 0 Å². The lowest BCUT2D eigenvalue weighted by Gasteiger charge is -2.27. The van der Waals surface area contributed by atoms with Crippen LogP contribution in [0.25, 0.3) is 0 Å². The monoisotopic (exact) mass is 223 g/mol. The maximum absolute atomic E-state index is 8.92. The molecular formula is C12H17NOS. The molecule has 3 heteroatoms. The second-order valence-electron chi connectivity index (χ2n) is 4.10. The van der Waals surface area contributed by atoms with E-state index in [1.807, 2.05) is 11.8 Å². The Morgan fingerprint density at radius 3 is 2.87 bits per heavy atom. The Balaban J connectivity index is 2.22. The highest BCUT2D eigenvalue weighted by molar-refractivity contribution is 7.99. The molecule has 2 nitrogen and oxygen atoms in total. The number of hydrogen-bond acceptors (Lipinski definition) is 3. The molecule has 1 aliphatic rings.